The summed E-state index contributed by atoms with van der Waals surface area (Å²) in [5.41, 5.74) is 1.37. The van der Waals surface area contributed by atoms with Crippen LogP contribution in [0.4, 0.5) is 17.6 Å². The number of halogens is 4. The second-order valence-corrected chi connectivity index (χ2v) is 9.44. The zero-order valence-corrected chi connectivity index (χ0v) is 20.3. The highest BCUT2D eigenvalue weighted by molar-refractivity contribution is 6.25. The first-order valence-corrected chi connectivity index (χ1v) is 11.9. The van der Waals surface area contributed by atoms with Gasteiger partial charge in [-0.2, -0.15) is 0 Å². The number of oxazole rings is 1. The Hall–Kier alpha value is -4.67. The first kappa shape index (κ1) is 24.7. The van der Waals surface area contributed by atoms with Crippen LogP contribution in [0.1, 0.15) is 24.1 Å². The number of hydrogen-bond donors (Lipinski definition) is 1. The van der Waals surface area contributed by atoms with Crippen LogP contribution in [0.5, 0.6) is 11.5 Å². The van der Waals surface area contributed by atoms with Gasteiger partial charge in [-0.05, 0) is 48.0 Å². The number of carbonyl (C=O) groups excluding carboxylic acids is 1. The molecule has 6 rings (SSSR count). The molecule has 198 valence electrons. The molecule has 39 heavy (non-hydrogen) atoms. The number of nitrogens with zero attached hydrogens (tertiary/aromatic N) is 2. The first-order chi connectivity index (χ1) is 18.6. The predicted octanol–water partition coefficient (Wildman–Crippen LogP) is 5.53. The van der Waals surface area contributed by atoms with Gasteiger partial charge in [-0.15, -0.1) is 0 Å². The Labute approximate surface area is 218 Å². The number of aromatic nitrogens is 1. The maximum absolute atomic E-state index is 14.5. The van der Waals surface area contributed by atoms with Gasteiger partial charge in [0, 0.05) is 29.7 Å². The molecule has 11 heteroatoms. The highest BCUT2D eigenvalue weighted by atomic mass is 19.3. The minimum absolute atomic E-state index is 0.0350. The quantitative estimate of drug-likeness (QED) is 0.328. The van der Waals surface area contributed by atoms with E-state index in [-0.39, 0.29) is 34.5 Å². The number of aromatic amines is 1. The molecule has 3 heterocycles. The van der Waals surface area contributed by atoms with Crippen LogP contribution < -0.4 is 10.5 Å². The minimum atomic E-state index is -3.22. The Morgan fingerprint density at radius 2 is 1.82 bits per heavy atom. The summed E-state index contributed by atoms with van der Waals surface area (Å²) in [6.07, 6.45) is 0. The summed E-state index contributed by atoms with van der Waals surface area (Å²) in [6, 6.07) is 13.1. The normalized spacial score (nSPS) is 17.3. The van der Waals surface area contributed by atoms with E-state index >= 15 is 0 Å². The van der Waals surface area contributed by atoms with Crippen LogP contribution in [0.3, 0.4) is 0 Å². The largest absolute Gasteiger partial charge is 0.457 e. The lowest BCUT2D eigenvalue weighted by Crippen LogP contribution is -2.40. The van der Waals surface area contributed by atoms with Crippen LogP contribution in [0, 0.1) is 11.6 Å². The lowest BCUT2D eigenvalue weighted by atomic mass is 9.91. The minimum Gasteiger partial charge on any atom is -0.457 e. The van der Waals surface area contributed by atoms with E-state index in [0.29, 0.717) is 29.6 Å². The van der Waals surface area contributed by atoms with Gasteiger partial charge in [0.1, 0.15) is 23.1 Å². The van der Waals surface area contributed by atoms with Crippen LogP contribution in [0.15, 0.2) is 86.0 Å². The van der Waals surface area contributed by atoms with E-state index < -0.39 is 41.8 Å². The van der Waals surface area contributed by atoms with Crippen LogP contribution in [0.25, 0.3) is 11.1 Å². The Bertz CT molecular complexity index is 1750. The molecule has 0 bridgehead atoms. The predicted molar refractivity (Wildman–Crippen MR) is 133 cm³/mol. The second kappa shape index (κ2) is 8.97. The molecule has 4 aromatic rings. The summed E-state index contributed by atoms with van der Waals surface area (Å²) in [6.45, 7) is -0.268. The van der Waals surface area contributed by atoms with Gasteiger partial charge in [-0.1, -0.05) is 12.1 Å². The molecular formula is C28H19F4N3O4. The molecule has 0 spiro atoms. The van der Waals surface area contributed by atoms with Crippen molar-refractivity contribution in [2.24, 2.45) is 4.99 Å². The van der Waals surface area contributed by atoms with Gasteiger partial charge >= 0.3 is 5.76 Å². The molecule has 2 aliphatic heterocycles. The van der Waals surface area contributed by atoms with Gasteiger partial charge in [-0.25, -0.2) is 22.4 Å². The number of hydrogen-bond acceptors (Lipinski definition) is 5. The topological polar surface area (TPSA) is 87.9 Å². The highest BCUT2D eigenvalue weighted by Crippen LogP contribution is 2.45. The monoisotopic (exact) mass is 537 g/mol. The van der Waals surface area contributed by atoms with Gasteiger partial charge in [0.25, 0.3) is 11.8 Å². The molecule has 0 radical (unpaired) electrons. The van der Waals surface area contributed by atoms with Crippen molar-refractivity contribution in [2.45, 2.75) is 18.9 Å². The molecule has 0 fully saturated rings. The maximum atomic E-state index is 14.5. The number of rotatable bonds is 6. The molecule has 1 unspecified atom stereocenters. The number of fused-ring (bicyclic) bond motifs is 1. The zero-order valence-electron chi connectivity index (χ0n) is 20.3. The van der Waals surface area contributed by atoms with Crippen molar-refractivity contribution in [3.8, 4) is 11.5 Å². The van der Waals surface area contributed by atoms with Crippen molar-refractivity contribution in [1.29, 1.82) is 0 Å². The number of amides is 1. The Balaban J connectivity index is 1.46. The van der Waals surface area contributed by atoms with Crippen molar-refractivity contribution in [2.75, 3.05) is 13.1 Å². The van der Waals surface area contributed by atoms with Gasteiger partial charge < -0.3 is 14.1 Å². The standard InChI is InChI=1S/C28H19F4N3O4/c1-28(31,32)13-35-24(14-3-2-4-18(9-14)38-17-7-5-15(29)6-8-17)22-20(26(35)36)12-33-23(22)19-10-16(30)11-21-25(19)39-27(37)34-21/h2-11,24H,12-13H2,1H3,(H,34,37). The fourth-order valence-electron chi connectivity index (χ4n) is 5.02. The highest BCUT2D eigenvalue weighted by Gasteiger charge is 2.47. The third-order valence-corrected chi connectivity index (χ3v) is 6.49. The molecule has 0 aliphatic carbocycles. The molecule has 7 nitrogen and oxygen atoms in total. The molecule has 1 atom stereocenters. The van der Waals surface area contributed by atoms with E-state index in [4.69, 9.17) is 9.15 Å². The van der Waals surface area contributed by atoms with Gasteiger partial charge in [0.2, 0.25) is 0 Å². The summed E-state index contributed by atoms with van der Waals surface area (Å²) in [5, 5.41) is 0. The maximum Gasteiger partial charge on any atom is 0.417 e. The molecule has 2 aliphatic rings. The average Bonchev–Trinajstić information content (AvgIpc) is 3.53. The molecule has 1 aromatic heterocycles. The molecule has 1 amide bonds. The van der Waals surface area contributed by atoms with Crippen molar-refractivity contribution in [1.82, 2.24) is 9.88 Å². The fraction of sp³-hybridized carbons (Fsp3) is 0.179. The third kappa shape index (κ3) is 4.49. The molecule has 0 saturated carbocycles. The number of carbonyl (C=O) groups is 1. The zero-order chi connectivity index (χ0) is 27.5. The number of nitrogens with one attached hydrogen (secondary N) is 1. The van der Waals surface area contributed by atoms with E-state index in [1.54, 1.807) is 24.3 Å². The SMILES string of the molecule is CC(F)(F)CN1C(=O)C2=C(C(c3cc(F)cc4[nH]c(=O)oc34)=NC2)C1c1cccc(Oc2ccc(F)cc2)c1. The Kier molecular flexibility index (Phi) is 5.67. The molecule has 3 aromatic carbocycles. The first-order valence-electron chi connectivity index (χ1n) is 11.9. The van der Waals surface area contributed by atoms with E-state index in [1.165, 1.54) is 24.3 Å². The van der Waals surface area contributed by atoms with E-state index in [1.807, 2.05) is 0 Å². The van der Waals surface area contributed by atoms with E-state index in [9.17, 15) is 27.2 Å². The summed E-state index contributed by atoms with van der Waals surface area (Å²) in [5.74, 6) is -5.09. The van der Waals surface area contributed by atoms with Crippen LogP contribution in [-0.2, 0) is 4.79 Å². The lowest BCUT2D eigenvalue weighted by molar-refractivity contribution is -0.132. The number of alkyl halides is 2. The smallest absolute Gasteiger partial charge is 0.417 e. The van der Waals surface area contributed by atoms with Crippen LogP contribution in [0.2, 0.25) is 0 Å². The second-order valence-electron chi connectivity index (χ2n) is 9.44. The van der Waals surface area contributed by atoms with Gasteiger partial charge in [0.05, 0.1) is 30.4 Å². The fourth-order valence-corrected chi connectivity index (χ4v) is 5.02. The molecular weight excluding hydrogens is 518 g/mol. The summed E-state index contributed by atoms with van der Waals surface area (Å²) < 4.78 is 67.5. The van der Waals surface area contributed by atoms with E-state index in [0.717, 1.165) is 17.0 Å². The van der Waals surface area contributed by atoms with Crippen molar-refractivity contribution >= 4 is 22.7 Å². The van der Waals surface area contributed by atoms with Crippen molar-refractivity contribution in [3.63, 3.8) is 0 Å². The van der Waals surface area contributed by atoms with Crippen molar-refractivity contribution < 1.29 is 31.5 Å². The Morgan fingerprint density at radius 1 is 1.05 bits per heavy atom. The third-order valence-electron chi connectivity index (χ3n) is 6.49. The summed E-state index contributed by atoms with van der Waals surface area (Å²) in [7, 11) is 0. The number of benzene rings is 3. The summed E-state index contributed by atoms with van der Waals surface area (Å²) >= 11 is 0. The number of H-pyrrole nitrogens is 1. The number of ether oxygens (including phenoxy) is 1. The lowest BCUT2D eigenvalue weighted by Gasteiger charge is -2.30. The van der Waals surface area contributed by atoms with Gasteiger partial charge in [-0.3, -0.25) is 14.8 Å². The Morgan fingerprint density at radius 3 is 2.56 bits per heavy atom. The van der Waals surface area contributed by atoms with Crippen LogP contribution in [-0.4, -0.2) is 40.5 Å². The number of aliphatic imine (C=N–C) groups is 1. The van der Waals surface area contributed by atoms with Crippen LogP contribution >= 0.6 is 0 Å². The van der Waals surface area contributed by atoms with E-state index in [2.05, 4.69) is 9.98 Å². The van der Waals surface area contributed by atoms with Crippen molar-refractivity contribution in [3.05, 3.63) is 105 Å². The molecule has 0 saturated heterocycles. The summed E-state index contributed by atoms with van der Waals surface area (Å²) in [4.78, 5) is 33.2. The molecule has 1 N–H and O–H groups in total. The van der Waals surface area contributed by atoms with Gasteiger partial charge in [0.15, 0.2) is 5.58 Å². The average molecular weight is 537 g/mol.